The summed E-state index contributed by atoms with van der Waals surface area (Å²) in [5.41, 5.74) is 4.76. The van der Waals surface area contributed by atoms with Gasteiger partial charge in [0, 0.05) is 4.92 Å². The molecule has 0 spiro atoms. The van der Waals surface area contributed by atoms with Crippen molar-refractivity contribution in [3.8, 4) is 6.07 Å². The quantitative estimate of drug-likeness (QED) is 0.462. The number of rotatable bonds is 2. The molecule has 4 heteroatoms. The van der Waals surface area contributed by atoms with E-state index in [1.807, 2.05) is 46.8 Å². The molecule has 0 unspecified atom stereocenters. The molecule has 0 aliphatic heterocycles. The number of allylic oxidation sites excluding steroid dienone is 1. The van der Waals surface area contributed by atoms with Crippen LogP contribution in [0.2, 0.25) is 0 Å². The molecule has 22 heavy (non-hydrogen) atoms. The molecule has 0 bridgehead atoms. The maximum absolute atomic E-state index is 11.8. The zero-order valence-electron chi connectivity index (χ0n) is 13.9. The predicted octanol–water partition coefficient (Wildman–Crippen LogP) is 4.36. The summed E-state index contributed by atoms with van der Waals surface area (Å²) in [5, 5.41) is 21.5. The smallest absolute Gasteiger partial charge is 0.263 e. The molecular weight excluding hydrogens is 276 g/mol. The lowest BCUT2D eigenvalue weighted by atomic mass is 9.67. The number of nitriles is 1. The van der Waals surface area contributed by atoms with Crippen molar-refractivity contribution in [1.82, 2.24) is 0 Å². The largest absolute Gasteiger partial charge is 0.316 e. The molecule has 0 amide bonds. The second-order valence-corrected chi connectivity index (χ2v) is 6.60. The summed E-state index contributed by atoms with van der Waals surface area (Å²) in [4.78, 5) is 11.4. The highest BCUT2D eigenvalue weighted by Crippen LogP contribution is 2.46. The molecule has 4 nitrogen and oxygen atoms in total. The van der Waals surface area contributed by atoms with E-state index in [1.165, 1.54) is 0 Å². The van der Waals surface area contributed by atoms with Gasteiger partial charge in [-0.15, -0.1) is 0 Å². The van der Waals surface area contributed by atoms with Gasteiger partial charge in [0.2, 0.25) is 0 Å². The maximum atomic E-state index is 11.8. The van der Waals surface area contributed by atoms with Crippen LogP contribution in [0.5, 0.6) is 0 Å². The predicted molar refractivity (Wildman–Crippen MR) is 86.3 cm³/mol. The molecule has 0 saturated heterocycles. The molecule has 2 rings (SSSR count). The molecule has 1 aliphatic carbocycles. The van der Waals surface area contributed by atoms with Crippen molar-refractivity contribution >= 4 is 0 Å². The summed E-state index contributed by atoms with van der Waals surface area (Å²) in [5.74, 6) is -0.392. The van der Waals surface area contributed by atoms with E-state index in [1.54, 1.807) is 0 Å². The van der Waals surface area contributed by atoms with Crippen molar-refractivity contribution in [3.05, 3.63) is 55.6 Å². The summed E-state index contributed by atoms with van der Waals surface area (Å²) in [6.45, 7) is 9.90. The van der Waals surface area contributed by atoms with Gasteiger partial charge < -0.3 is 0 Å². The van der Waals surface area contributed by atoms with Gasteiger partial charge in [-0.05, 0) is 57.7 Å². The average Bonchev–Trinajstić information content (AvgIpc) is 2.41. The van der Waals surface area contributed by atoms with Gasteiger partial charge in [-0.25, -0.2) is 0 Å². The van der Waals surface area contributed by atoms with Crippen LogP contribution in [-0.4, -0.2) is 10.5 Å². The fourth-order valence-corrected chi connectivity index (χ4v) is 3.76. The number of nitro groups is 1. The highest BCUT2D eigenvalue weighted by Gasteiger charge is 2.54. The van der Waals surface area contributed by atoms with Crippen molar-refractivity contribution in [2.75, 3.05) is 0 Å². The lowest BCUT2D eigenvalue weighted by Crippen LogP contribution is -2.46. The van der Waals surface area contributed by atoms with E-state index in [-0.39, 0.29) is 11.3 Å². The molecule has 1 aromatic carbocycles. The standard InChI is InChI=1S/C18H22N2O2/c1-11-6-13(3)17(14(4)7-11)16-8-12(2)15(5)9-18(16,10-19)20(21)22/h6-7,16H,8-9H2,1-5H3/t16-,18-/m1/s1. The molecule has 2 atom stereocenters. The lowest BCUT2D eigenvalue weighted by Gasteiger charge is -2.35. The van der Waals surface area contributed by atoms with Crippen LogP contribution in [0.1, 0.15) is 54.9 Å². The fraction of sp³-hybridized carbons (Fsp3) is 0.500. The Labute approximate surface area is 131 Å². The third-order valence-electron chi connectivity index (χ3n) is 4.96. The van der Waals surface area contributed by atoms with E-state index in [4.69, 9.17) is 0 Å². The van der Waals surface area contributed by atoms with Crippen LogP contribution in [0.3, 0.4) is 0 Å². The topological polar surface area (TPSA) is 66.9 Å². The minimum atomic E-state index is -1.56. The minimum absolute atomic E-state index is 0.208. The Bertz CT molecular complexity index is 689. The summed E-state index contributed by atoms with van der Waals surface area (Å²) in [7, 11) is 0. The summed E-state index contributed by atoms with van der Waals surface area (Å²) in [6, 6.07) is 6.15. The van der Waals surface area contributed by atoms with Crippen LogP contribution in [0.4, 0.5) is 0 Å². The van der Waals surface area contributed by atoms with Gasteiger partial charge in [0.25, 0.3) is 0 Å². The Hall–Kier alpha value is -2.15. The summed E-state index contributed by atoms with van der Waals surface area (Å²) < 4.78 is 0. The van der Waals surface area contributed by atoms with E-state index >= 15 is 0 Å². The third kappa shape index (κ3) is 2.41. The molecule has 0 saturated carbocycles. The first-order valence-corrected chi connectivity index (χ1v) is 7.51. The van der Waals surface area contributed by atoms with Crippen LogP contribution >= 0.6 is 0 Å². The molecule has 0 aromatic heterocycles. The lowest BCUT2D eigenvalue weighted by molar-refractivity contribution is -0.557. The fourth-order valence-electron chi connectivity index (χ4n) is 3.76. The van der Waals surface area contributed by atoms with E-state index in [0.29, 0.717) is 6.42 Å². The van der Waals surface area contributed by atoms with E-state index in [9.17, 15) is 15.4 Å². The molecule has 0 N–H and O–H groups in total. The van der Waals surface area contributed by atoms with Gasteiger partial charge in [-0.3, -0.25) is 10.1 Å². The van der Waals surface area contributed by atoms with Gasteiger partial charge in [0.15, 0.2) is 0 Å². The molecule has 0 radical (unpaired) electrons. The Morgan fingerprint density at radius 1 is 1.18 bits per heavy atom. The first-order chi connectivity index (χ1) is 10.2. The SMILES string of the molecule is CC1=C(C)C[C@](C#N)([N+](=O)[O-])[C@@H](c2c(C)cc(C)cc2C)C1. The molecular formula is C18H22N2O2. The van der Waals surface area contributed by atoms with E-state index < -0.39 is 11.5 Å². The highest BCUT2D eigenvalue weighted by molar-refractivity contribution is 5.45. The number of benzene rings is 1. The zero-order valence-corrected chi connectivity index (χ0v) is 13.9. The molecule has 0 heterocycles. The number of hydrogen-bond donors (Lipinski definition) is 0. The molecule has 116 valence electrons. The number of aryl methyl sites for hydroxylation is 3. The van der Waals surface area contributed by atoms with Crippen LogP contribution < -0.4 is 0 Å². The normalized spacial score (nSPS) is 25.0. The second-order valence-electron chi connectivity index (χ2n) is 6.60. The maximum Gasteiger partial charge on any atom is 0.316 e. The number of nitrogens with zero attached hydrogens (tertiary/aromatic N) is 2. The van der Waals surface area contributed by atoms with Crippen LogP contribution in [0.25, 0.3) is 0 Å². The Kier molecular flexibility index (Phi) is 4.10. The Balaban J connectivity index is 2.71. The van der Waals surface area contributed by atoms with Crippen molar-refractivity contribution in [2.45, 2.75) is 58.9 Å². The third-order valence-corrected chi connectivity index (χ3v) is 4.96. The van der Waals surface area contributed by atoms with Gasteiger partial charge in [0.1, 0.15) is 6.07 Å². The van der Waals surface area contributed by atoms with E-state index in [0.717, 1.165) is 33.4 Å². The first-order valence-electron chi connectivity index (χ1n) is 7.51. The molecule has 1 aliphatic rings. The zero-order chi connectivity index (χ0) is 16.7. The van der Waals surface area contributed by atoms with Crippen LogP contribution in [0.15, 0.2) is 23.3 Å². The van der Waals surface area contributed by atoms with Crippen molar-refractivity contribution in [3.63, 3.8) is 0 Å². The Morgan fingerprint density at radius 2 is 1.73 bits per heavy atom. The highest BCUT2D eigenvalue weighted by atomic mass is 16.6. The van der Waals surface area contributed by atoms with Gasteiger partial charge in [-0.1, -0.05) is 28.8 Å². The summed E-state index contributed by atoms with van der Waals surface area (Å²) >= 11 is 0. The van der Waals surface area contributed by atoms with Crippen LogP contribution in [0, 0.1) is 42.2 Å². The first kappa shape index (κ1) is 16.2. The van der Waals surface area contributed by atoms with E-state index in [2.05, 4.69) is 6.07 Å². The number of hydrogen-bond acceptors (Lipinski definition) is 3. The van der Waals surface area contributed by atoms with Gasteiger partial charge >= 0.3 is 5.54 Å². The van der Waals surface area contributed by atoms with Crippen molar-refractivity contribution < 1.29 is 4.92 Å². The van der Waals surface area contributed by atoms with Crippen molar-refractivity contribution in [2.24, 2.45) is 0 Å². The van der Waals surface area contributed by atoms with Crippen LogP contribution in [-0.2, 0) is 0 Å². The molecule has 0 fully saturated rings. The molecule has 1 aromatic rings. The average molecular weight is 298 g/mol. The summed E-state index contributed by atoms with van der Waals surface area (Å²) in [6.07, 6.45) is 0.783. The second kappa shape index (κ2) is 5.57. The van der Waals surface area contributed by atoms with Crippen molar-refractivity contribution in [1.29, 1.82) is 5.26 Å². The Morgan fingerprint density at radius 3 is 2.18 bits per heavy atom. The monoisotopic (exact) mass is 298 g/mol. The van der Waals surface area contributed by atoms with Gasteiger partial charge in [0.05, 0.1) is 12.3 Å². The minimum Gasteiger partial charge on any atom is -0.263 e. The van der Waals surface area contributed by atoms with Gasteiger partial charge in [-0.2, -0.15) is 5.26 Å².